The molecule has 2 aromatic rings. The number of hydrogen-bond acceptors (Lipinski definition) is 5. The van der Waals surface area contributed by atoms with Crippen LogP contribution in [0.15, 0.2) is 53.4 Å². The Morgan fingerprint density at radius 2 is 1.84 bits per heavy atom. The molecule has 0 spiro atoms. The number of ether oxygens (including phenoxy) is 1. The highest BCUT2D eigenvalue weighted by Crippen LogP contribution is 2.30. The fourth-order valence-electron chi connectivity index (χ4n) is 3.53. The molecule has 7 nitrogen and oxygen atoms in total. The van der Waals surface area contributed by atoms with Gasteiger partial charge in [0.2, 0.25) is 15.9 Å². The molecule has 0 unspecified atom stereocenters. The molecule has 0 bridgehead atoms. The van der Waals surface area contributed by atoms with E-state index in [0.717, 1.165) is 18.7 Å². The van der Waals surface area contributed by atoms with E-state index >= 15 is 0 Å². The molecule has 1 amide bonds. The zero-order valence-corrected chi connectivity index (χ0v) is 19.2. The van der Waals surface area contributed by atoms with Gasteiger partial charge in [0.05, 0.1) is 7.11 Å². The Labute approximate surface area is 189 Å². The van der Waals surface area contributed by atoms with Crippen molar-refractivity contribution >= 4 is 27.5 Å². The fourth-order valence-corrected chi connectivity index (χ4v) is 5.39. The van der Waals surface area contributed by atoms with Crippen LogP contribution in [0.2, 0.25) is 5.02 Å². The van der Waals surface area contributed by atoms with Gasteiger partial charge in [-0.25, -0.2) is 8.42 Å². The number of nitrogens with zero attached hydrogens (tertiary/aromatic N) is 2. The molecule has 1 heterocycles. The van der Waals surface area contributed by atoms with Crippen LogP contribution in [0.1, 0.15) is 12.0 Å². The number of amides is 1. The smallest absolute Gasteiger partial charge is 0.246 e. The largest absolute Gasteiger partial charge is 0.495 e. The maximum atomic E-state index is 13.5. The summed E-state index contributed by atoms with van der Waals surface area (Å²) in [7, 11) is -2.50. The van der Waals surface area contributed by atoms with Crippen molar-refractivity contribution in [2.45, 2.75) is 17.7 Å². The van der Waals surface area contributed by atoms with Crippen LogP contribution < -0.4 is 10.1 Å². The van der Waals surface area contributed by atoms with Gasteiger partial charge >= 0.3 is 0 Å². The predicted molar refractivity (Wildman–Crippen MR) is 121 cm³/mol. The summed E-state index contributed by atoms with van der Waals surface area (Å²) in [6.07, 6.45) is 0.654. The van der Waals surface area contributed by atoms with Crippen molar-refractivity contribution in [2.75, 3.05) is 46.4 Å². The molecule has 1 N–H and O–H groups in total. The quantitative estimate of drug-likeness (QED) is 0.615. The predicted octanol–water partition coefficient (Wildman–Crippen LogP) is 2.40. The lowest BCUT2D eigenvalue weighted by Gasteiger charge is -2.29. The lowest BCUT2D eigenvalue weighted by molar-refractivity contribution is -0.131. The molecule has 0 saturated carbocycles. The van der Waals surface area contributed by atoms with E-state index in [2.05, 4.69) is 5.32 Å². The number of hydrogen-bond donors (Lipinski definition) is 1. The maximum absolute atomic E-state index is 13.5. The summed E-state index contributed by atoms with van der Waals surface area (Å²) < 4.78 is 33.7. The summed E-state index contributed by atoms with van der Waals surface area (Å²) in [6.45, 7) is 3.11. The van der Waals surface area contributed by atoms with Gasteiger partial charge in [0.15, 0.2) is 0 Å². The summed E-state index contributed by atoms with van der Waals surface area (Å²) >= 11 is 6.08. The molecule has 9 heteroatoms. The number of benzene rings is 2. The van der Waals surface area contributed by atoms with E-state index in [9.17, 15) is 13.2 Å². The molecule has 168 valence electrons. The van der Waals surface area contributed by atoms with Gasteiger partial charge in [-0.15, -0.1) is 0 Å². The van der Waals surface area contributed by atoms with Crippen molar-refractivity contribution in [3.63, 3.8) is 0 Å². The second kappa shape index (κ2) is 10.9. The fraction of sp³-hybridized carbons (Fsp3) is 0.409. The number of rotatable bonds is 9. The highest BCUT2D eigenvalue weighted by atomic mass is 35.5. The zero-order chi connectivity index (χ0) is 22.3. The Morgan fingerprint density at radius 3 is 2.52 bits per heavy atom. The van der Waals surface area contributed by atoms with Crippen molar-refractivity contribution in [1.82, 2.24) is 14.5 Å². The molecule has 0 aliphatic carbocycles. The second-order valence-corrected chi connectivity index (χ2v) is 9.66. The average Bonchev–Trinajstić information content (AvgIpc) is 2.80. The molecule has 3 rings (SSSR count). The first-order chi connectivity index (χ1) is 14.9. The summed E-state index contributed by atoms with van der Waals surface area (Å²) in [5.74, 6) is 0.182. The minimum absolute atomic E-state index is 0.00480. The van der Waals surface area contributed by atoms with Crippen molar-refractivity contribution in [1.29, 1.82) is 0 Å². The van der Waals surface area contributed by atoms with Crippen LogP contribution in [0.4, 0.5) is 0 Å². The lowest BCUT2D eigenvalue weighted by Crippen LogP contribution is -2.47. The van der Waals surface area contributed by atoms with Crippen LogP contribution in [-0.4, -0.2) is 69.9 Å². The summed E-state index contributed by atoms with van der Waals surface area (Å²) in [6, 6.07) is 14.2. The lowest BCUT2D eigenvalue weighted by atomic mass is 10.1. The molecule has 1 aliphatic rings. The van der Waals surface area contributed by atoms with Gasteiger partial charge < -0.3 is 15.0 Å². The SMILES string of the molecule is COc1ccc(Cl)cc1S(=O)(=O)N(CCC(=O)N1CCNCC1)CCc1ccccc1. The van der Waals surface area contributed by atoms with E-state index in [-0.39, 0.29) is 36.1 Å². The van der Waals surface area contributed by atoms with Crippen molar-refractivity contribution in [3.05, 3.63) is 59.1 Å². The number of piperazine rings is 1. The van der Waals surface area contributed by atoms with Gasteiger partial charge in [-0.05, 0) is 30.2 Å². The topological polar surface area (TPSA) is 79.0 Å². The second-order valence-electron chi connectivity index (χ2n) is 7.32. The Kier molecular flexibility index (Phi) is 8.31. The molecule has 0 aromatic heterocycles. The maximum Gasteiger partial charge on any atom is 0.246 e. The molecule has 0 radical (unpaired) electrons. The van der Waals surface area contributed by atoms with Crippen molar-refractivity contribution < 1.29 is 17.9 Å². The van der Waals surface area contributed by atoms with Crippen molar-refractivity contribution in [3.8, 4) is 5.75 Å². The number of nitrogens with one attached hydrogen (secondary N) is 1. The number of carbonyl (C=O) groups excluding carboxylic acids is 1. The number of methoxy groups -OCH3 is 1. The highest BCUT2D eigenvalue weighted by molar-refractivity contribution is 7.89. The van der Waals surface area contributed by atoms with E-state index in [1.807, 2.05) is 30.3 Å². The first kappa shape index (κ1) is 23.5. The zero-order valence-electron chi connectivity index (χ0n) is 17.6. The number of halogens is 1. The number of sulfonamides is 1. The van der Waals surface area contributed by atoms with Gasteiger partial charge in [-0.3, -0.25) is 4.79 Å². The van der Waals surface area contributed by atoms with E-state index in [1.165, 1.54) is 23.5 Å². The Bertz CT molecular complexity index is 980. The first-order valence-electron chi connectivity index (χ1n) is 10.3. The van der Waals surface area contributed by atoms with Gasteiger partial charge in [0.25, 0.3) is 0 Å². The number of carbonyl (C=O) groups is 1. The highest BCUT2D eigenvalue weighted by Gasteiger charge is 2.29. The molecule has 1 fully saturated rings. The third kappa shape index (κ3) is 6.20. The van der Waals surface area contributed by atoms with Crippen LogP contribution in [0.3, 0.4) is 0 Å². The molecule has 1 aliphatic heterocycles. The van der Waals surface area contributed by atoms with Crippen LogP contribution in [0.25, 0.3) is 0 Å². The first-order valence-corrected chi connectivity index (χ1v) is 12.1. The van der Waals surface area contributed by atoms with Gasteiger partial charge in [0, 0.05) is 50.7 Å². The van der Waals surface area contributed by atoms with E-state index in [4.69, 9.17) is 16.3 Å². The summed E-state index contributed by atoms with van der Waals surface area (Å²) in [5.41, 5.74) is 1.02. The van der Waals surface area contributed by atoms with Crippen molar-refractivity contribution in [2.24, 2.45) is 0 Å². The monoisotopic (exact) mass is 465 g/mol. The third-order valence-electron chi connectivity index (χ3n) is 5.28. The molecule has 31 heavy (non-hydrogen) atoms. The van der Waals surface area contributed by atoms with Crippen LogP contribution >= 0.6 is 11.6 Å². The molecular weight excluding hydrogens is 438 g/mol. The Balaban J connectivity index is 1.81. The minimum atomic E-state index is -3.92. The Morgan fingerprint density at radius 1 is 1.13 bits per heavy atom. The molecule has 0 atom stereocenters. The standard InChI is InChI=1S/C22H28ClN3O4S/c1-30-20-8-7-19(23)17-21(20)31(28,29)26(13-9-18-5-3-2-4-6-18)14-10-22(27)25-15-11-24-12-16-25/h2-8,17,24H,9-16H2,1H3. The minimum Gasteiger partial charge on any atom is -0.495 e. The van der Waals surface area contributed by atoms with Crippen LogP contribution in [0.5, 0.6) is 5.75 Å². The summed E-state index contributed by atoms with van der Waals surface area (Å²) in [5, 5.41) is 3.51. The van der Waals surface area contributed by atoms with Crippen LogP contribution in [-0.2, 0) is 21.2 Å². The summed E-state index contributed by atoms with van der Waals surface area (Å²) in [4.78, 5) is 14.4. The van der Waals surface area contributed by atoms with E-state index in [1.54, 1.807) is 11.0 Å². The molecule has 2 aromatic carbocycles. The van der Waals surface area contributed by atoms with Gasteiger partial charge in [-0.1, -0.05) is 41.9 Å². The van der Waals surface area contributed by atoms with E-state index in [0.29, 0.717) is 24.5 Å². The van der Waals surface area contributed by atoms with Crippen LogP contribution in [0, 0.1) is 0 Å². The third-order valence-corrected chi connectivity index (χ3v) is 7.44. The normalized spacial score (nSPS) is 14.6. The Hall–Kier alpha value is -2.13. The molecular formula is C22H28ClN3O4S. The van der Waals surface area contributed by atoms with Gasteiger partial charge in [-0.2, -0.15) is 4.31 Å². The molecule has 1 saturated heterocycles. The van der Waals surface area contributed by atoms with Gasteiger partial charge in [0.1, 0.15) is 10.6 Å². The average molecular weight is 466 g/mol. The van der Waals surface area contributed by atoms with E-state index < -0.39 is 10.0 Å².